The highest BCUT2D eigenvalue weighted by Gasteiger charge is 2.38. The van der Waals surface area contributed by atoms with Gasteiger partial charge in [-0.1, -0.05) is 20.3 Å². The molecule has 0 aromatic carbocycles. The number of methoxy groups -OCH3 is 1. The summed E-state index contributed by atoms with van der Waals surface area (Å²) in [5.41, 5.74) is -0.463. The van der Waals surface area contributed by atoms with Gasteiger partial charge in [-0.3, -0.25) is 0 Å². The molecule has 0 aromatic heterocycles. The molecule has 0 saturated heterocycles. The van der Waals surface area contributed by atoms with Crippen LogP contribution in [0.25, 0.3) is 0 Å². The molecule has 0 bridgehead atoms. The van der Waals surface area contributed by atoms with Crippen molar-refractivity contribution >= 4 is 0 Å². The van der Waals surface area contributed by atoms with Crippen LogP contribution in [0, 0.1) is 5.92 Å². The fraction of sp³-hybridized carbons (Fsp3) is 1.00. The van der Waals surface area contributed by atoms with Gasteiger partial charge in [0.15, 0.2) is 0 Å². The molecule has 84 valence electrons. The molecule has 0 radical (unpaired) electrons. The van der Waals surface area contributed by atoms with Crippen molar-refractivity contribution in [2.45, 2.75) is 64.1 Å². The van der Waals surface area contributed by atoms with Crippen LogP contribution in [0.5, 0.6) is 0 Å². The van der Waals surface area contributed by atoms with Gasteiger partial charge in [-0.25, -0.2) is 0 Å². The standard InChI is InChI=1S/C12H24O2/c1-4-6-10(2)12(13)8-5-7-11(9-12)14-3/h10-11,13H,4-9H2,1-3H3. The molecule has 1 rings (SSSR count). The van der Waals surface area contributed by atoms with E-state index >= 15 is 0 Å². The van der Waals surface area contributed by atoms with Crippen LogP contribution >= 0.6 is 0 Å². The first-order chi connectivity index (χ1) is 6.62. The quantitative estimate of drug-likeness (QED) is 0.756. The van der Waals surface area contributed by atoms with Gasteiger partial charge in [0.2, 0.25) is 0 Å². The Bertz CT molecular complexity index is 170. The number of rotatable bonds is 4. The zero-order valence-electron chi connectivity index (χ0n) is 9.75. The smallest absolute Gasteiger partial charge is 0.0697 e. The molecular formula is C12H24O2. The zero-order chi connectivity index (χ0) is 10.6. The van der Waals surface area contributed by atoms with Crippen LogP contribution in [0.1, 0.15) is 52.4 Å². The summed E-state index contributed by atoms with van der Waals surface area (Å²) in [5, 5.41) is 10.5. The lowest BCUT2D eigenvalue weighted by atomic mass is 9.74. The summed E-state index contributed by atoms with van der Waals surface area (Å²) < 4.78 is 5.35. The Balaban J connectivity index is 2.53. The van der Waals surface area contributed by atoms with Crippen molar-refractivity contribution in [3.05, 3.63) is 0 Å². The van der Waals surface area contributed by atoms with Crippen LogP contribution in [0.2, 0.25) is 0 Å². The molecular weight excluding hydrogens is 176 g/mol. The van der Waals surface area contributed by atoms with Crippen LogP contribution in [0.15, 0.2) is 0 Å². The fourth-order valence-corrected chi connectivity index (χ4v) is 2.58. The molecule has 1 saturated carbocycles. The van der Waals surface area contributed by atoms with Crippen LogP contribution in [0.4, 0.5) is 0 Å². The molecule has 1 fully saturated rings. The third-order valence-corrected chi connectivity index (χ3v) is 3.69. The van der Waals surface area contributed by atoms with E-state index in [-0.39, 0.29) is 6.10 Å². The van der Waals surface area contributed by atoms with Crippen molar-refractivity contribution < 1.29 is 9.84 Å². The Morgan fingerprint density at radius 1 is 1.57 bits per heavy atom. The predicted molar refractivity (Wildman–Crippen MR) is 58.3 cm³/mol. The van der Waals surface area contributed by atoms with E-state index < -0.39 is 5.60 Å². The topological polar surface area (TPSA) is 29.5 Å². The first kappa shape index (κ1) is 12.0. The van der Waals surface area contributed by atoms with Crippen LogP contribution in [0.3, 0.4) is 0 Å². The molecule has 1 aliphatic carbocycles. The van der Waals surface area contributed by atoms with Crippen LogP contribution < -0.4 is 0 Å². The second-order valence-electron chi connectivity index (χ2n) is 4.75. The maximum absolute atomic E-state index is 10.5. The number of aliphatic hydroxyl groups is 1. The minimum Gasteiger partial charge on any atom is -0.390 e. The van der Waals surface area contributed by atoms with Gasteiger partial charge in [0.05, 0.1) is 11.7 Å². The Hall–Kier alpha value is -0.0800. The molecule has 0 heterocycles. The third kappa shape index (κ3) is 2.71. The number of hydrogen-bond acceptors (Lipinski definition) is 2. The van der Waals surface area contributed by atoms with E-state index in [1.165, 1.54) is 0 Å². The lowest BCUT2D eigenvalue weighted by Crippen LogP contribution is -2.43. The predicted octanol–water partition coefficient (Wildman–Crippen LogP) is 2.74. The molecule has 14 heavy (non-hydrogen) atoms. The van der Waals surface area contributed by atoms with Crippen molar-refractivity contribution in [3.63, 3.8) is 0 Å². The Morgan fingerprint density at radius 3 is 2.86 bits per heavy atom. The van der Waals surface area contributed by atoms with E-state index in [4.69, 9.17) is 4.74 Å². The first-order valence-corrected chi connectivity index (χ1v) is 5.87. The molecule has 2 heteroatoms. The normalized spacial score (nSPS) is 35.6. The average Bonchev–Trinajstić information content (AvgIpc) is 2.18. The molecule has 1 N–H and O–H groups in total. The summed E-state index contributed by atoms with van der Waals surface area (Å²) in [7, 11) is 1.75. The monoisotopic (exact) mass is 200 g/mol. The molecule has 3 unspecified atom stereocenters. The van der Waals surface area contributed by atoms with Crippen molar-refractivity contribution in [2.24, 2.45) is 5.92 Å². The van der Waals surface area contributed by atoms with Gasteiger partial charge in [0.1, 0.15) is 0 Å². The number of hydrogen-bond donors (Lipinski definition) is 1. The third-order valence-electron chi connectivity index (χ3n) is 3.69. The summed E-state index contributed by atoms with van der Waals surface area (Å²) in [5.74, 6) is 0.408. The van der Waals surface area contributed by atoms with E-state index in [9.17, 15) is 5.11 Å². The van der Waals surface area contributed by atoms with Crippen LogP contribution in [-0.4, -0.2) is 23.9 Å². The van der Waals surface area contributed by atoms with Crippen LogP contribution in [-0.2, 0) is 4.74 Å². The van der Waals surface area contributed by atoms with E-state index in [1.54, 1.807) is 7.11 Å². The molecule has 0 amide bonds. The summed E-state index contributed by atoms with van der Waals surface area (Å²) in [6.07, 6.45) is 6.53. The Morgan fingerprint density at radius 2 is 2.29 bits per heavy atom. The maximum atomic E-state index is 10.5. The van der Waals surface area contributed by atoms with Gasteiger partial charge in [-0.2, -0.15) is 0 Å². The maximum Gasteiger partial charge on any atom is 0.0697 e. The summed E-state index contributed by atoms with van der Waals surface area (Å²) in [6, 6.07) is 0. The molecule has 0 aliphatic heterocycles. The largest absolute Gasteiger partial charge is 0.390 e. The van der Waals surface area contributed by atoms with Gasteiger partial charge in [0, 0.05) is 13.5 Å². The van der Waals surface area contributed by atoms with Gasteiger partial charge in [-0.15, -0.1) is 0 Å². The lowest BCUT2D eigenvalue weighted by Gasteiger charge is -2.40. The minimum absolute atomic E-state index is 0.271. The van der Waals surface area contributed by atoms with Gasteiger partial charge < -0.3 is 9.84 Å². The van der Waals surface area contributed by atoms with E-state index in [0.717, 1.165) is 38.5 Å². The van der Waals surface area contributed by atoms with Gasteiger partial charge >= 0.3 is 0 Å². The highest BCUT2D eigenvalue weighted by Crippen LogP contribution is 2.37. The van der Waals surface area contributed by atoms with E-state index in [0.29, 0.717) is 5.92 Å². The van der Waals surface area contributed by atoms with Crippen molar-refractivity contribution in [3.8, 4) is 0 Å². The first-order valence-electron chi connectivity index (χ1n) is 5.87. The Kier molecular flexibility index (Phi) is 4.39. The highest BCUT2D eigenvalue weighted by molar-refractivity contribution is 4.90. The second kappa shape index (κ2) is 5.13. The highest BCUT2D eigenvalue weighted by atomic mass is 16.5. The molecule has 0 spiro atoms. The summed E-state index contributed by atoms with van der Waals surface area (Å²) >= 11 is 0. The minimum atomic E-state index is -0.463. The van der Waals surface area contributed by atoms with Gasteiger partial charge in [-0.05, 0) is 31.6 Å². The van der Waals surface area contributed by atoms with Gasteiger partial charge in [0.25, 0.3) is 0 Å². The molecule has 1 aliphatic rings. The zero-order valence-corrected chi connectivity index (χ0v) is 9.75. The lowest BCUT2D eigenvalue weighted by molar-refractivity contribution is -0.0918. The molecule has 2 nitrogen and oxygen atoms in total. The summed E-state index contributed by atoms with van der Waals surface area (Å²) in [6.45, 7) is 4.35. The summed E-state index contributed by atoms with van der Waals surface area (Å²) in [4.78, 5) is 0. The van der Waals surface area contributed by atoms with Crippen molar-refractivity contribution in [1.82, 2.24) is 0 Å². The molecule has 3 atom stereocenters. The van der Waals surface area contributed by atoms with Crippen molar-refractivity contribution in [1.29, 1.82) is 0 Å². The van der Waals surface area contributed by atoms with E-state index in [1.807, 2.05) is 0 Å². The van der Waals surface area contributed by atoms with E-state index in [2.05, 4.69) is 13.8 Å². The molecule has 0 aromatic rings. The average molecular weight is 200 g/mol. The van der Waals surface area contributed by atoms with Crippen molar-refractivity contribution in [2.75, 3.05) is 7.11 Å². The second-order valence-corrected chi connectivity index (χ2v) is 4.75. The number of ether oxygens (including phenoxy) is 1. The Labute approximate surface area is 87.7 Å². The fourth-order valence-electron chi connectivity index (χ4n) is 2.58. The SMILES string of the molecule is CCCC(C)C1(O)CCCC(OC)C1.